The lowest BCUT2D eigenvalue weighted by Crippen LogP contribution is -2.52. The highest BCUT2D eigenvalue weighted by molar-refractivity contribution is 9.09. The number of fused-ring (bicyclic) bond motifs is 2. The van der Waals surface area contributed by atoms with E-state index in [1.807, 2.05) is 0 Å². The molecule has 3 aliphatic carbocycles. The van der Waals surface area contributed by atoms with E-state index in [0.29, 0.717) is 5.41 Å². The van der Waals surface area contributed by atoms with Crippen LogP contribution in [0.2, 0.25) is 0 Å². The molecule has 0 spiro atoms. The Morgan fingerprint density at radius 2 is 2.09 bits per heavy atom. The molecule has 0 aromatic carbocycles. The molecule has 64 valence electrons. The van der Waals surface area contributed by atoms with Crippen molar-refractivity contribution in [2.24, 2.45) is 23.2 Å². The van der Waals surface area contributed by atoms with Crippen molar-refractivity contribution in [3.8, 4) is 0 Å². The van der Waals surface area contributed by atoms with Crippen LogP contribution in [0.25, 0.3) is 0 Å². The topological polar surface area (TPSA) is 0 Å². The van der Waals surface area contributed by atoms with Gasteiger partial charge in [-0.3, -0.25) is 0 Å². The quantitative estimate of drug-likeness (QED) is 0.590. The molecule has 3 fully saturated rings. The first-order valence-corrected chi connectivity index (χ1v) is 5.84. The summed E-state index contributed by atoms with van der Waals surface area (Å²) in [6.07, 6.45) is 4.48. The average Bonchev–Trinajstić information content (AvgIpc) is 2.04. The Balaban J connectivity index is 2.10. The minimum absolute atomic E-state index is 0.677. The molecule has 0 aromatic heterocycles. The van der Waals surface area contributed by atoms with Crippen LogP contribution in [0.5, 0.6) is 0 Å². The summed E-state index contributed by atoms with van der Waals surface area (Å²) >= 11 is 3.63. The highest BCUT2D eigenvalue weighted by Crippen LogP contribution is 2.61. The Hall–Kier alpha value is 0.480. The maximum atomic E-state index is 3.63. The zero-order valence-electron chi connectivity index (χ0n) is 7.44. The van der Waals surface area contributed by atoms with Gasteiger partial charge in [-0.05, 0) is 42.4 Å². The van der Waals surface area contributed by atoms with E-state index in [0.717, 1.165) is 17.8 Å². The first-order chi connectivity index (χ1) is 5.16. The highest BCUT2D eigenvalue weighted by Gasteiger charge is 2.53. The molecule has 0 saturated heterocycles. The van der Waals surface area contributed by atoms with E-state index in [2.05, 4.69) is 29.8 Å². The lowest BCUT2D eigenvalue weighted by Gasteiger charge is -2.60. The maximum absolute atomic E-state index is 3.63. The molecule has 3 atom stereocenters. The van der Waals surface area contributed by atoms with E-state index in [4.69, 9.17) is 0 Å². The fourth-order valence-electron chi connectivity index (χ4n) is 3.15. The average molecular weight is 217 g/mol. The lowest BCUT2D eigenvalue weighted by atomic mass is 9.46. The smallest absolute Gasteiger partial charge is 0.00625 e. The summed E-state index contributed by atoms with van der Waals surface area (Å²) in [5.41, 5.74) is 0.677. The van der Waals surface area contributed by atoms with E-state index in [1.54, 1.807) is 0 Å². The van der Waals surface area contributed by atoms with Gasteiger partial charge < -0.3 is 0 Å². The van der Waals surface area contributed by atoms with Crippen molar-refractivity contribution < 1.29 is 0 Å². The summed E-state index contributed by atoms with van der Waals surface area (Å²) in [5.74, 6) is 3.07. The molecule has 3 unspecified atom stereocenters. The Morgan fingerprint density at radius 3 is 2.45 bits per heavy atom. The van der Waals surface area contributed by atoms with E-state index >= 15 is 0 Å². The molecule has 0 heterocycles. The summed E-state index contributed by atoms with van der Waals surface area (Å²) < 4.78 is 0. The van der Waals surface area contributed by atoms with Crippen molar-refractivity contribution in [1.82, 2.24) is 0 Å². The van der Waals surface area contributed by atoms with Crippen molar-refractivity contribution in [3.05, 3.63) is 0 Å². The van der Waals surface area contributed by atoms with Crippen molar-refractivity contribution in [2.75, 3.05) is 5.33 Å². The molecule has 0 nitrogen and oxygen atoms in total. The standard InChI is InChI=1S/C10H17Br/c1-10(2)8-4-3-7(6-11)9(10)5-8/h7-9H,3-6H2,1-2H3. The first kappa shape index (κ1) is 8.10. The molecule has 3 aliphatic rings. The van der Waals surface area contributed by atoms with Crippen molar-refractivity contribution in [2.45, 2.75) is 33.1 Å². The number of hydrogen-bond acceptors (Lipinski definition) is 0. The summed E-state index contributed by atoms with van der Waals surface area (Å²) in [6, 6.07) is 0. The van der Waals surface area contributed by atoms with Gasteiger partial charge in [0.15, 0.2) is 0 Å². The number of halogens is 1. The van der Waals surface area contributed by atoms with Gasteiger partial charge in [0.05, 0.1) is 0 Å². The molecule has 0 aromatic rings. The SMILES string of the molecule is CC1(C)C2CCC(CBr)C1C2. The lowest BCUT2D eigenvalue weighted by molar-refractivity contribution is -0.0970. The molecule has 3 saturated carbocycles. The summed E-state index contributed by atoms with van der Waals surface area (Å²) in [7, 11) is 0. The van der Waals surface area contributed by atoms with Gasteiger partial charge in [-0.25, -0.2) is 0 Å². The van der Waals surface area contributed by atoms with Crippen LogP contribution in [0.15, 0.2) is 0 Å². The van der Waals surface area contributed by atoms with Crippen LogP contribution in [-0.2, 0) is 0 Å². The second kappa shape index (κ2) is 2.48. The molecule has 0 amide bonds. The third-order valence-corrected chi connectivity index (χ3v) is 5.03. The van der Waals surface area contributed by atoms with Gasteiger partial charge in [-0.2, -0.15) is 0 Å². The Kier molecular flexibility index (Phi) is 1.83. The van der Waals surface area contributed by atoms with Crippen LogP contribution in [0.4, 0.5) is 0 Å². The molecule has 3 rings (SSSR count). The van der Waals surface area contributed by atoms with E-state index in [-0.39, 0.29) is 0 Å². The fourth-order valence-corrected chi connectivity index (χ4v) is 3.92. The van der Waals surface area contributed by atoms with Crippen LogP contribution in [0, 0.1) is 23.2 Å². The monoisotopic (exact) mass is 216 g/mol. The maximum Gasteiger partial charge on any atom is 0.00625 e. The number of hydrogen-bond donors (Lipinski definition) is 0. The molecule has 0 radical (unpaired) electrons. The Morgan fingerprint density at radius 1 is 1.36 bits per heavy atom. The largest absolute Gasteiger partial charge is 0.0925 e. The molecule has 0 aliphatic heterocycles. The minimum Gasteiger partial charge on any atom is -0.0925 e. The van der Waals surface area contributed by atoms with E-state index < -0.39 is 0 Å². The van der Waals surface area contributed by atoms with Gasteiger partial charge in [0.25, 0.3) is 0 Å². The van der Waals surface area contributed by atoms with Gasteiger partial charge in [-0.1, -0.05) is 29.8 Å². The van der Waals surface area contributed by atoms with Gasteiger partial charge >= 0.3 is 0 Å². The van der Waals surface area contributed by atoms with E-state index in [1.165, 1.54) is 24.6 Å². The predicted molar refractivity (Wildman–Crippen MR) is 51.9 cm³/mol. The second-order valence-corrected chi connectivity index (χ2v) is 5.50. The number of alkyl halides is 1. The molecule has 0 N–H and O–H groups in total. The molecule has 1 heteroatoms. The Bertz CT molecular complexity index is 160. The zero-order chi connectivity index (χ0) is 8.06. The fraction of sp³-hybridized carbons (Fsp3) is 1.00. The van der Waals surface area contributed by atoms with Gasteiger partial charge in [0.2, 0.25) is 0 Å². The zero-order valence-corrected chi connectivity index (χ0v) is 9.02. The van der Waals surface area contributed by atoms with Gasteiger partial charge in [0, 0.05) is 5.33 Å². The molecular formula is C10H17Br. The van der Waals surface area contributed by atoms with Crippen LogP contribution >= 0.6 is 15.9 Å². The van der Waals surface area contributed by atoms with E-state index in [9.17, 15) is 0 Å². The van der Waals surface area contributed by atoms with Gasteiger partial charge in [0.1, 0.15) is 0 Å². The highest BCUT2D eigenvalue weighted by atomic mass is 79.9. The Labute approximate surface area is 77.9 Å². The minimum atomic E-state index is 0.677. The van der Waals surface area contributed by atoms with Crippen LogP contribution < -0.4 is 0 Å². The van der Waals surface area contributed by atoms with Crippen LogP contribution in [-0.4, -0.2) is 5.33 Å². The number of rotatable bonds is 1. The second-order valence-electron chi connectivity index (χ2n) is 4.85. The molecular weight excluding hydrogens is 200 g/mol. The van der Waals surface area contributed by atoms with Crippen molar-refractivity contribution in [1.29, 1.82) is 0 Å². The normalized spacial score (nSPS) is 46.6. The predicted octanol–water partition coefficient (Wildman–Crippen LogP) is 3.45. The van der Waals surface area contributed by atoms with Crippen molar-refractivity contribution in [3.63, 3.8) is 0 Å². The van der Waals surface area contributed by atoms with Crippen LogP contribution in [0.3, 0.4) is 0 Å². The molecule has 11 heavy (non-hydrogen) atoms. The van der Waals surface area contributed by atoms with Gasteiger partial charge in [-0.15, -0.1) is 0 Å². The third kappa shape index (κ3) is 0.998. The molecule has 2 bridgehead atoms. The summed E-state index contributed by atoms with van der Waals surface area (Å²) in [5, 5.41) is 1.23. The first-order valence-electron chi connectivity index (χ1n) is 4.72. The summed E-state index contributed by atoms with van der Waals surface area (Å²) in [4.78, 5) is 0. The summed E-state index contributed by atoms with van der Waals surface area (Å²) in [6.45, 7) is 4.92. The van der Waals surface area contributed by atoms with Crippen molar-refractivity contribution >= 4 is 15.9 Å². The third-order valence-electron chi connectivity index (χ3n) is 4.20. The van der Waals surface area contributed by atoms with Crippen LogP contribution in [0.1, 0.15) is 33.1 Å².